The molecule has 1 heterocycles. The molecule has 2 aromatic carbocycles. The first kappa shape index (κ1) is 28.5. The van der Waals surface area contributed by atoms with Gasteiger partial charge in [-0.3, -0.25) is 4.79 Å². The molecular formula is C22H8Cl4I4O5. The zero-order valence-corrected chi connectivity index (χ0v) is 28.9. The Morgan fingerprint density at radius 2 is 1.49 bits per heavy atom. The lowest BCUT2D eigenvalue weighted by Crippen LogP contribution is -2.13. The Bertz CT molecular complexity index is 1600. The van der Waals surface area contributed by atoms with Crippen molar-refractivity contribution < 1.29 is 18.7 Å². The molecule has 0 saturated heterocycles. The third-order valence-electron chi connectivity index (χ3n) is 5.12. The monoisotopic (exact) mass is 1000 g/mol. The second-order valence-corrected chi connectivity index (χ2v) is 12.9. The highest BCUT2D eigenvalue weighted by Crippen LogP contribution is 2.52. The van der Waals surface area contributed by atoms with Crippen LogP contribution in [0.4, 0.5) is 0 Å². The molecule has 0 aromatic heterocycles. The lowest BCUT2D eigenvalue weighted by molar-refractivity contribution is 0.0602. The minimum Gasteiger partial charge on any atom is -0.494 e. The Kier molecular flexibility index (Phi) is 8.89. The molecule has 0 radical (unpaired) electrons. The fourth-order valence-electron chi connectivity index (χ4n) is 3.60. The molecule has 0 atom stereocenters. The smallest absolute Gasteiger partial charge is 0.340 e. The second kappa shape index (κ2) is 10.9. The fourth-order valence-corrected chi connectivity index (χ4v) is 8.64. The van der Waals surface area contributed by atoms with Crippen LogP contribution in [0.2, 0.25) is 20.1 Å². The third kappa shape index (κ3) is 4.65. The third-order valence-corrected chi connectivity index (χ3v) is 10.5. The largest absolute Gasteiger partial charge is 0.494 e. The summed E-state index contributed by atoms with van der Waals surface area (Å²) in [4.78, 5) is 25.8. The van der Waals surface area contributed by atoms with Crippen LogP contribution >= 0.6 is 137 Å². The highest BCUT2D eigenvalue weighted by atomic mass is 127. The maximum Gasteiger partial charge on any atom is 0.340 e. The van der Waals surface area contributed by atoms with Gasteiger partial charge in [-0.05, 0) is 102 Å². The molecule has 2 aromatic rings. The van der Waals surface area contributed by atoms with Crippen molar-refractivity contribution in [2.75, 3.05) is 14.2 Å². The van der Waals surface area contributed by atoms with Crippen molar-refractivity contribution >= 4 is 154 Å². The van der Waals surface area contributed by atoms with E-state index in [1.54, 1.807) is 13.2 Å². The first-order chi connectivity index (χ1) is 16.5. The fraction of sp³-hybridized carbons (Fsp3) is 0.0909. The van der Waals surface area contributed by atoms with E-state index in [0.29, 0.717) is 44.3 Å². The van der Waals surface area contributed by atoms with Gasteiger partial charge in [0.1, 0.15) is 9.32 Å². The van der Waals surface area contributed by atoms with E-state index >= 15 is 0 Å². The van der Waals surface area contributed by atoms with Crippen LogP contribution in [0.1, 0.15) is 10.4 Å². The molecular weight excluding hydrogens is 994 g/mol. The lowest BCUT2D eigenvalue weighted by atomic mass is 9.90. The molecule has 0 spiro atoms. The summed E-state index contributed by atoms with van der Waals surface area (Å²) >= 11 is 34.2. The zero-order valence-electron chi connectivity index (χ0n) is 17.2. The zero-order chi connectivity index (χ0) is 25.9. The molecule has 182 valence electrons. The summed E-state index contributed by atoms with van der Waals surface area (Å²) in [6.45, 7) is 0. The van der Waals surface area contributed by atoms with Crippen molar-refractivity contribution in [3.63, 3.8) is 0 Å². The number of methoxy groups -OCH3 is 2. The normalized spacial score (nSPS) is 11.4. The molecule has 0 unspecified atom stereocenters. The van der Waals surface area contributed by atoms with Gasteiger partial charge in [0.25, 0.3) is 0 Å². The van der Waals surface area contributed by atoms with Crippen LogP contribution < -0.4 is 10.2 Å². The number of fused-ring (bicyclic) bond motifs is 2. The molecule has 13 heteroatoms. The second-order valence-electron chi connectivity index (χ2n) is 6.94. The van der Waals surface area contributed by atoms with Crippen LogP contribution in [0.5, 0.6) is 5.75 Å². The van der Waals surface area contributed by atoms with E-state index in [2.05, 4.69) is 45.2 Å². The number of benzene rings is 3. The van der Waals surface area contributed by atoms with Crippen molar-refractivity contribution in [3.05, 3.63) is 62.3 Å². The highest BCUT2D eigenvalue weighted by Gasteiger charge is 2.32. The summed E-state index contributed by atoms with van der Waals surface area (Å²) < 4.78 is 19.2. The van der Waals surface area contributed by atoms with Crippen molar-refractivity contribution in [1.29, 1.82) is 0 Å². The average molecular weight is 1000 g/mol. The van der Waals surface area contributed by atoms with Gasteiger partial charge in [-0.2, -0.15) is 0 Å². The van der Waals surface area contributed by atoms with Gasteiger partial charge >= 0.3 is 5.97 Å². The van der Waals surface area contributed by atoms with Gasteiger partial charge in [0.15, 0.2) is 11.3 Å². The number of hydrogen-bond donors (Lipinski definition) is 0. The first-order valence-electron chi connectivity index (χ1n) is 9.21. The maximum absolute atomic E-state index is 13.0. The number of rotatable bonds is 3. The molecule has 4 rings (SSSR count). The number of hydrogen-bond acceptors (Lipinski definition) is 5. The first-order valence-corrected chi connectivity index (χ1v) is 15.0. The summed E-state index contributed by atoms with van der Waals surface area (Å²) in [6.07, 6.45) is 0. The van der Waals surface area contributed by atoms with E-state index in [1.165, 1.54) is 7.11 Å². The van der Waals surface area contributed by atoms with Gasteiger partial charge in [0.2, 0.25) is 5.43 Å². The average Bonchev–Trinajstić information content (AvgIpc) is 2.83. The lowest BCUT2D eigenvalue weighted by Gasteiger charge is -2.22. The van der Waals surface area contributed by atoms with Crippen molar-refractivity contribution in [2.24, 2.45) is 0 Å². The van der Waals surface area contributed by atoms with E-state index in [-0.39, 0.29) is 36.6 Å². The van der Waals surface area contributed by atoms with Crippen LogP contribution in [0.15, 0.2) is 21.3 Å². The molecule has 1 aliphatic heterocycles. The molecule has 0 N–H and O–H groups in total. The number of carbonyl (C=O) groups excluding carboxylic acids is 1. The van der Waals surface area contributed by atoms with Gasteiger partial charge in [-0.25, -0.2) is 4.79 Å². The standard InChI is InChI=1S/C22H8Cl4I4O5/c1-33-21-8(28)4-6-9(10-11(22(32)34-2)13(24)15(26)14(25)12(10)23)5-3-7(27)18(31)16(29)19(5)35-20(6)17(21)30/h3-4H,1-2H3. The molecule has 35 heavy (non-hydrogen) atoms. The van der Waals surface area contributed by atoms with E-state index < -0.39 is 5.97 Å². The number of ether oxygens (including phenoxy) is 2. The quantitative estimate of drug-likeness (QED) is 0.0674. The van der Waals surface area contributed by atoms with E-state index in [4.69, 9.17) is 60.3 Å². The van der Waals surface area contributed by atoms with Crippen LogP contribution in [0.25, 0.3) is 33.4 Å². The van der Waals surface area contributed by atoms with E-state index in [0.717, 1.165) is 3.57 Å². The Labute approximate surface area is 273 Å². The number of halogens is 8. The molecule has 1 aliphatic carbocycles. The summed E-state index contributed by atoms with van der Waals surface area (Å²) in [5, 5.41) is 0.401. The summed E-state index contributed by atoms with van der Waals surface area (Å²) in [5.41, 5.74) is 1.42. The Morgan fingerprint density at radius 1 is 0.857 bits per heavy atom. The van der Waals surface area contributed by atoms with Crippen LogP contribution in [-0.2, 0) is 4.74 Å². The van der Waals surface area contributed by atoms with Crippen LogP contribution in [-0.4, -0.2) is 20.2 Å². The summed E-state index contributed by atoms with van der Waals surface area (Å²) in [6, 6.07) is 3.52. The van der Waals surface area contributed by atoms with Crippen molar-refractivity contribution in [2.45, 2.75) is 0 Å². The Balaban J connectivity index is 2.41. The number of carbonyl (C=O) groups is 1. The maximum atomic E-state index is 13.0. The van der Waals surface area contributed by atoms with Gasteiger partial charge < -0.3 is 13.9 Å². The van der Waals surface area contributed by atoms with E-state index in [9.17, 15) is 9.59 Å². The highest BCUT2D eigenvalue weighted by molar-refractivity contribution is 14.1. The van der Waals surface area contributed by atoms with E-state index in [1.807, 2.05) is 51.2 Å². The number of esters is 1. The Morgan fingerprint density at radius 3 is 2.09 bits per heavy atom. The van der Waals surface area contributed by atoms with Gasteiger partial charge in [-0.1, -0.05) is 46.4 Å². The summed E-state index contributed by atoms with van der Waals surface area (Å²) in [5.74, 6) is 0.158. The molecule has 0 amide bonds. The summed E-state index contributed by atoms with van der Waals surface area (Å²) in [7, 11) is 2.78. The molecule has 0 saturated carbocycles. The SMILES string of the molecule is COC(=O)c1c(Cl)c(Cl)c(Cl)c(Cl)c1-c1c2cc(I)c(=O)c(I)c-2oc2c(I)c(OC)c(I)cc12. The Hall–Kier alpha value is 0.480. The topological polar surface area (TPSA) is 65.7 Å². The molecule has 0 bridgehead atoms. The van der Waals surface area contributed by atoms with Crippen molar-refractivity contribution in [3.8, 4) is 28.2 Å². The van der Waals surface area contributed by atoms with Crippen molar-refractivity contribution in [1.82, 2.24) is 0 Å². The van der Waals surface area contributed by atoms with Crippen LogP contribution in [0.3, 0.4) is 0 Å². The predicted molar refractivity (Wildman–Crippen MR) is 173 cm³/mol. The minimum atomic E-state index is -0.754. The predicted octanol–water partition coefficient (Wildman–Crippen LogP) is 9.39. The van der Waals surface area contributed by atoms with Gasteiger partial charge in [0.05, 0.1) is 50.6 Å². The minimum absolute atomic E-state index is 0.00678. The van der Waals surface area contributed by atoms with Crippen LogP contribution in [0, 0.1) is 14.3 Å². The molecule has 2 aliphatic rings. The van der Waals surface area contributed by atoms with Gasteiger partial charge in [0, 0.05) is 22.1 Å². The molecule has 5 nitrogen and oxygen atoms in total. The molecule has 0 fully saturated rings. The van der Waals surface area contributed by atoms with Gasteiger partial charge in [-0.15, -0.1) is 0 Å².